The number of nitrogens with zero attached hydrogens (tertiary/aromatic N) is 1. The Hall–Kier alpha value is -1.56. The van der Waals surface area contributed by atoms with Crippen molar-refractivity contribution in [3.63, 3.8) is 0 Å². The van der Waals surface area contributed by atoms with Crippen LogP contribution >= 0.6 is 0 Å². The molecule has 0 spiro atoms. The molecule has 1 amide bonds. The summed E-state index contributed by atoms with van der Waals surface area (Å²) in [7, 11) is 0. The molecule has 1 aromatic heterocycles. The quantitative estimate of drug-likeness (QED) is 0.873. The number of rotatable bonds is 3. The maximum atomic E-state index is 13.9. The maximum Gasteiger partial charge on any atom is 0.257 e. The number of nitrogens with one attached hydrogen (secondary N) is 2. The molecule has 0 aliphatic carbocycles. The predicted octanol–water partition coefficient (Wildman–Crippen LogP) is 1.43. The first-order chi connectivity index (χ1) is 8.99. The minimum Gasteiger partial charge on any atom is -0.351 e. The van der Waals surface area contributed by atoms with Crippen LogP contribution in [0.15, 0.2) is 18.3 Å². The fraction of sp³-hybridized carbons (Fsp3) is 0.538. The minimum atomic E-state index is -2.70. The molecular formula is C13H17F2N3O. The van der Waals surface area contributed by atoms with Crippen molar-refractivity contribution < 1.29 is 13.6 Å². The Morgan fingerprint density at radius 1 is 1.63 bits per heavy atom. The van der Waals surface area contributed by atoms with Crippen molar-refractivity contribution >= 4 is 5.91 Å². The largest absolute Gasteiger partial charge is 0.351 e. The predicted molar refractivity (Wildman–Crippen MR) is 66.9 cm³/mol. The van der Waals surface area contributed by atoms with E-state index in [0.29, 0.717) is 17.8 Å². The Labute approximate surface area is 110 Å². The van der Waals surface area contributed by atoms with Gasteiger partial charge in [-0.15, -0.1) is 0 Å². The minimum absolute atomic E-state index is 0.152. The summed E-state index contributed by atoms with van der Waals surface area (Å²) < 4.78 is 27.7. The topological polar surface area (TPSA) is 54.0 Å². The van der Waals surface area contributed by atoms with Gasteiger partial charge in [-0.25, -0.2) is 8.78 Å². The zero-order valence-electron chi connectivity index (χ0n) is 10.7. The Bertz CT molecular complexity index is 465. The van der Waals surface area contributed by atoms with E-state index in [0.717, 1.165) is 0 Å². The van der Waals surface area contributed by atoms with Crippen molar-refractivity contribution in [1.82, 2.24) is 15.6 Å². The SMILES string of the molecule is CC(=O)NCc1cc(C2CNCCC2(F)F)ccn1. The van der Waals surface area contributed by atoms with Gasteiger partial charge in [0.2, 0.25) is 5.91 Å². The van der Waals surface area contributed by atoms with Gasteiger partial charge < -0.3 is 10.6 Å². The second kappa shape index (κ2) is 5.61. The van der Waals surface area contributed by atoms with Crippen LogP contribution in [-0.2, 0) is 11.3 Å². The molecule has 0 bridgehead atoms. The van der Waals surface area contributed by atoms with Crippen LogP contribution in [0, 0.1) is 0 Å². The van der Waals surface area contributed by atoms with Gasteiger partial charge in [0, 0.05) is 32.6 Å². The Kier molecular flexibility index (Phi) is 4.09. The molecule has 19 heavy (non-hydrogen) atoms. The third-order valence-electron chi connectivity index (χ3n) is 3.25. The van der Waals surface area contributed by atoms with Crippen molar-refractivity contribution in [2.75, 3.05) is 13.1 Å². The number of amides is 1. The molecule has 2 N–H and O–H groups in total. The first kappa shape index (κ1) is 13.9. The number of pyridine rings is 1. The van der Waals surface area contributed by atoms with Gasteiger partial charge in [0.1, 0.15) is 0 Å². The van der Waals surface area contributed by atoms with Gasteiger partial charge in [0.25, 0.3) is 5.92 Å². The van der Waals surface area contributed by atoms with E-state index in [9.17, 15) is 13.6 Å². The van der Waals surface area contributed by atoms with E-state index in [1.807, 2.05) is 0 Å². The summed E-state index contributed by atoms with van der Waals surface area (Å²) >= 11 is 0. The van der Waals surface area contributed by atoms with Crippen LogP contribution in [0.1, 0.15) is 30.5 Å². The molecule has 2 rings (SSSR count). The first-order valence-corrected chi connectivity index (χ1v) is 6.27. The Morgan fingerprint density at radius 3 is 3.11 bits per heavy atom. The lowest BCUT2D eigenvalue weighted by atomic mass is 9.88. The lowest BCUT2D eigenvalue weighted by molar-refractivity contribution is -0.119. The molecule has 1 unspecified atom stereocenters. The fourth-order valence-corrected chi connectivity index (χ4v) is 2.21. The molecule has 1 aliphatic rings. The van der Waals surface area contributed by atoms with Crippen molar-refractivity contribution in [3.05, 3.63) is 29.6 Å². The van der Waals surface area contributed by atoms with Crippen LogP contribution in [0.3, 0.4) is 0 Å². The highest BCUT2D eigenvalue weighted by Crippen LogP contribution is 2.37. The molecule has 6 heteroatoms. The average Bonchev–Trinajstić information content (AvgIpc) is 2.36. The summed E-state index contributed by atoms with van der Waals surface area (Å²) in [4.78, 5) is 14.9. The van der Waals surface area contributed by atoms with Gasteiger partial charge in [0.05, 0.1) is 18.2 Å². The van der Waals surface area contributed by atoms with Crippen LogP contribution in [0.2, 0.25) is 0 Å². The third-order valence-corrected chi connectivity index (χ3v) is 3.25. The second-order valence-corrected chi connectivity index (χ2v) is 4.76. The highest BCUT2D eigenvalue weighted by Gasteiger charge is 2.42. The number of carbonyl (C=O) groups is 1. The molecule has 1 fully saturated rings. The normalized spacial score (nSPS) is 21.9. The summed E-state index contributed by atoms with van der Waals surface area (Å²) in [6.45, 7) is 2.27. The van der Waals surface area contributed by atoms with Crippen molar-refractivity contribution in [1.29, 1.82) is 0 Å². The summed E-state index contributed by atoms with van der Waals surface area (Å²) in [5.74, 6) is -3.70. The van der Waals surface area contributed by atoms with E-state index in [-0.39, 0.29) is 25.4 Å². The van der Waals surface area contributed by atoms with Gasteiger partial charge in [-0.05, 0) is 17.7 Å². The lowest BCUT2D eigenvalue weighted by Crippen LogP contribution is -2.43. The van der Waals surface area contributed by atoms with Gasteiger partial charge in [-0.1, -0.05) is 0 Å². The summed E-state index contributed by atoms with van der Waals surface area (Å²) in [6.07, 6.45) is 1.36. The molecular weight excluding hydrogens is 252 g/mol. The Balaban J connectivity index is 2.15. The van der Waals surface area contributed by atoms with E-state index in [4.69, 9.17) is 0 Å². The van der Waals surface area contributed by atoms with E-state index >= 15 is 0 Å². The molecule has 1 aromatic rings. The van der Waals surface area contributed by atoms with Gasteiger partial charge in [0.15, 0.2) is 0 Å². The van der Waals surface area contributed by atoms with Crippen LogP contribution in [0.25, 0.3) is 0 Å². The average molecular weight is 269 g/mol. The molecule has 2 heterocycles. The molecule has 1 atom stereocenters. The van der Waals surface area contributed by atoms with Crippen molar-refractivity contribution in [2.24, 2.45) is 0 Å². The van der Waals surface area contributed by atoms with Gasteiger partial charge in [-0.3, -0.25) is 9.78 Å². The standard InChI is InChI=1S/C13H17F2N3O/c1-9(19)18-7-11-6-10(2-4-17-11)12-8-16-5-3-13(12,14)15/h2,4,6,12,16H,3,5,7-8H2,1H3,(H,18,19). The number of piperidine rings is 1. The van der Waals surface area contributed by atoms with E-state index in [1.54, 1.807) is 12.1 Å². The molecule has 1 saturated heterocycles. The number of hydrogen-bond acceptors (Lipinski definition) is 3. The maximum absolute atomic E-state index is 13.9. The third kappa shape index (κ3) is 3.47. The second-order valence-electron chi connectivity index (χ2n) is 4.76. The molecule has 0 radical (unpaired) electrons. The van der Waals surface area contributed by atoms with Crippen molar-refractivity contribution in [3.8, 4) is 0 Å². The van der Waals surface area contributed by atoms with Crippen LogP contribution in [-0.4, -0.2) is 29.9 Å². The number of aromatic nitrogens is 1. The molecule has 0 saturated carbocycles. The van der Waals surface area contributed by atoms with E-state index in [2.05, 4.69) is 15.6 Å². The molecule has 1 aliphatic heterocycles. The van der Waals surface area contributed by atoms with Gasteiger partial charge >= 0.3 is 0 Å². The highest BCUT2D eigenvalue weighted by atomic mass is 19.3. The number of hydrogen-bond donors (Lipinski definition) is 2. The lowest BCUT2D eigenvalue weighted by Gasteiger charge is -2.32. The summed E-state index contributed by atoms with van der Waals surface area (Å²) in [6, 6.07) is 3.25. The molecule has 104 valence electrons. The molecule has 4 nitrogen and oxygen atoms in total. The van der Waals surface area contributed by atoms with Gasteiger partial charge in [-0.2, -0.15) is 0 Å². The fourth-order valence-electron chi connectivity index (χ4n) is 2.21. The summed E-state index contributed by atoms with van der Waals surface area (Å²) in [5.41, 5.74) is 1.15. The Morgan fingerprint density at radius 2 is 2.42 bits per heavy atom. The smallest absolute Gasteiger partial charge is 0.257 e. The zero-order valence-corrected chi connectivity index (χ0v) is 10.7. The molecule has 0 aromatic carbocycles. The van der Waals surface area contributed by atoms with Crippen LogP contribution in [0.5, 0.6) is 0 Å². The highest BCUT2D eigenvalue weighted by molar-refractivity contribution is 5.72. The zero-order chi connectivity index (χ0) is 13.9. The summed E-state index contributed by atoms with van der Waals surface area (Å²) in [5, 5.41) is 5.60. The monoisotopic (exact) mass is 269 g/mol. The first-order valence-electron chi connectivity index (χ1n) is 6.27. The van der Waals surface area contributed by atoms with Crippen LogP contribution in [0.4, 0.5) is 8.78 Å². The number of carbonyl (C=O) groups excluding carboxylic acids is 1. The number of alkyl halides is 2. The van der Waals surface area contributed by atoms with E-state index < -0.39 is 11.8 Å². The van der Waals surface area contributed by atoms with Crippen LogP contribution < -0.4 is 10.6 Å². The number of halogens is 2. The van der Waals surface area contributed by atoms with E-state index in [1.165, 1.54) is 13.1 Å². The van der Waals surface area contributed by atoms with Crippen molar-refractivity contribution in [2.45, 2.75) is 31.7 Å².